The van der Waals surface area contributed by atoms with Gasteiger partial charge in [-0.3, -0.25) is 4.79 Å². The van der Waals surface area contributed by atoms with E-state index in [-0.39, 0.29) is 5.91 Å². The lowest BCUT2D eigenvalue weighted by atomic mass is 10.0. The van der Waals surface area contributed by atoms with Crippen LogP contribution in [-0.2, 0) is 0 Å². The van der Waals surface area contributed by atoms with E-state index in [0.717, 1.165) is 16.4 Å². The van der Waals surface area contributed by atoms with Crippen LogP contribution in [0, 0.1) is 9.49 Å². The molecule has 0 radical (unpaired) electrons. The number of carbonyl (C=O) groups is 1. The average Bonchev–Trinajstić information content (AvgIpc) is 2.95. The number of aromatic nitrogens is 1. The van der Waals surface area contributed by atoms with Crippen LogP contribution < -0.4 is 5.32 Å². The Kier molecular flexibility index (Phi) is 4.44. The minimum absolute atomic E-state index is 0.148. The number of halogens is 1. The van der Waals surface area contributed by atoms with Crippen LogP contribution in [0.4, 0.5) is 0 Å². The van der Waals surface area contributed by atoms with Crippen molar-refractivity contribution in [3.8, 4) is 0 Å². The van der Waals surface area contributed by atoms with Crippen molar-refractivity contribution in [2.45, 2.75) is 31.8 Å². The van der Waals surface area contributed by atoms with Crippen LogP contribution in [-0.4, -0.2) is 28.6 Å². The average molecular weight is 348 g/mol. The molecule has 1 aromatic heterocycles. The highest BCUT2D eigenvalue weighted by Gasteiger charge is 2.23. The van der Waals surface area contributed by atoms with Crippen LogP contribution in [0.5, 0.6) is 0 Å². The van der Waals surface area contributed by atoms with E-state index < -0.39 is 6.10 Å². The smallest absolute Gasteiger partial charge is 0.267 e. The fourth-order valence-electron chi connectivity index (χ4n) is 2.30. The number of carbonyl (C=O) groups excluding carboxylic acids is 1. The molecule has 1 amide bonds. The van der Waals surface area contributed by atoms with Gasteiger partial charge in [-0.25, -0.2) is 0 Å². The van der Waals surface area contributed by atoms with E-state index in [1.807, 2.05) is 0 Å². The van der Waals surface area contributed by atoms with Crippen LogP contribution in [0.3, 0.4) is 0 Å². The van der Waals surface area contributed by atoms with Gasteiger partial charge in [0, 0.05) is 16.3 Å². The Morgan fingerprint density at radius 3 is 2.88 bits per heavy atom. The summed E-state index contributed by atoms with van der Waals surface area (Å²) in [6.07, 6.45) is 5.93. The lowest BCUT2D eigenvalue weighted by Crippen LogP contribution is -2.35. The SMILES string of the molecule is O=C(NCC(O)C1CCCC1)c1cc(I)c[nH]1. The van der Waals surface area contributed by atoms with Gasteiger partial charge in [-0.15, -0.1) is 0 Å². The maximum absolute atomic E-state index is 11.7. The molecule has 4 nitrogen and oxygen atoms in total. The minimum Gasteiger partial charge on any atom is -0.391 e. The van der Waals surface area contributed by atoms with Crippen LogP contribution in [0.1, 0.15) is 36.2 Å². The van der Waals surface area contributed by atoms with E-state index >= 15 is 0 Å². The quantitative estimate of drug-likeness (QED) is 0.728. The van der Waals surface area contributed by atoms with E-state index in [2.05, 4.69) is 32.9 Å². The summed E-state index contributed by atoms with van der Waals surface area (Å²) in [4.78, 5) is 14.6. The Morgan fingerprint density at radius 2 is 2.29 bits per heavy atom. The van der Waals surface area contributed by atoms with Crippen LogP contribution in [0.15, 0.2) is 12.3 Å². The monoisotopic (exact) mass is 348 g/mol. The molecule has 5 heteroatoms. The Bertz CT molecular complexity index is 386. The number of hydrogen-bond acceptors (Lipinski definition) is 2. The van der Waals surface area contributed by atoms with Gasteiger partial charge >= 0.3 is 0 Å². The van der Waals surface area contributed by atoms with Crippen molar-refractivity contribution in [1.29, 1.82) is 0 Å². The van der Waals surface area contributed by atoms with Crippen molar-refractivity contribution < 1.29 is 9.90 Å². The van der Waals surface area contributed by atoms with E-state index in [0.29, 0.717) is 18.2 Å². The number of aliphatic hydroxyl groups is 1. The topological polar surface area (TPSA) is 65.1 Å². The number of amides is 1. The zero-order valence-corrected chi connectivity index (χ0v) is 11.7. The Balaban J connectivity index is 1.79. The summed E-state index contributed by atoms with van der Waals surface area (Å²) in [5.41, 5.74) is 0.549. The highest BCUT2D eigenvalue weighted by molar-refractivity contribution is 14.1. The maximum Gasteiger partial charge on any atom is 0.267 e. The number of H-pyrrole nitrogens is 1. The Hall–Kier alpha value is -0.560. The number of aliphatic hydroxyl groups excluding tert-OH is 1. The lowest BCUT2D eigenvalue weighted by Gasteiger charge is -2.17. The van der Waals surface area contributed by atoms with Crippen molar-refractivity contribution in [3.05, 3.63) is 21.5 Å². The van der Waals surface area contributed by atoms with Gasteiger partial charge in [-0.2, -0.15) is 0 Å². The van der Waals surface area contributed by atoms with Gasteiger partial charge in [0.1, 0.15) is 5.69 Å². The van der Waals surface area contributed by atoms with Crippen molar-refractivity contribution in [3.63, 3.8) is 0 Å². The molecular formula is C12H17IN2O2. The second-order valence-corrected chi connectivity index (χ2v) is 5.80. The summed E-state index contributed by atoms with van der Waals surface area (Å²) in [5.74, 6) is 0.212. The van der Waals surface area contributed by atoms with E-state index in [1.54, 1.807) is 12.3 Å². The summed E-state index contributed by atoms with van der Waals surface area (Å²) >= 11 is 2.15. The molecule has 2 rings (SSSR count). The molecular weight excluding hydrogens is 331 g/mol. The predicted octanol–water partition coefficient (Wildman–Crippen LogP) is 1.90. The molecule has 0 spiro atoms. The first-order valence-corrected chi connectivity index (χ1v) is 7.05. The van der Waals surface area contributed by atoms with Crippen molar-refractivity contribution in [2.75, 3.05) is 6.54 Å². The molecule has 1 atom stereocenters. The number of aromatic amines is 1. The van der Waals surface area contributed by atoms with Crippen LogP contribution in [0.25, 0.3) is 0 Å². The Morgan fingerprint density at radius 1 is 1.59 bits per heavy atom. The first-order valence-electron chi connectivity index (χ1n) is 5.97. The molecule has 3 N–H and O–H groups in total. The third-order valence-electron chi connectivity index (χ3n) is 3.31. The summed E-state index contributed by atoms with van der Waals surface area (Å²) in [6, 6.07) is 1.79. The highest BCUT2D eigenvalue weighted by Crippen LogP contribution is 2.27. The largest absolute Gasteiger partial charge is 0.391 e. The molecule has 0 saturated heterocycles. The number of hydrogen-bond donors (Lipinski definition) is 3. The lowest BCUT2D eigenvalue weighted by molar-refractivity contribution is 0.0837. The molecule has 1 aliphatic carbocycles. The molecule has 0 aromatic carbocycles. The van der Waals surface area contributed by atoms with Gasteiger partial charge in [0.2, 0.25) is 0 Å². The molecule has 1 aliphatic rings. The molecule has 1 aromatic rings. The van der Waals surface area contributed by atoms with E-state index in [1.165, 1.54) is 12.8 Å². The third kappa shape index (κ3) is 3.45. The molecule has 1 saturated carbocycles. The molecule has 1 heterocycles. The normalized spacial score (nSPS) is 18.2. The zero-order chi connectivity index (χ0) is 12.3. The van der Waals surface area contributed by atoms with Gasteiger partial charge in [-0.1, -0.05) is 12.8 Å². The summed E-state index contributed by atoms with van der Waals surface area (Å²) in [6.45, 7) is 0.346. The van der Waals surface area contributed by atoms with Gasteiger partial charge in [0.15, 0.2) is 0 Å². The maximum atomic E-state index is 11.7. The molecule has 1 unspecified atom stereocenters. The van der Waals surface area contributed by atoms with Gasteiger partial charge in [0.05, 0.1) is 6.10 Å². The van der Waals surface area contributed by atoms with Crippen LogP contribution in [0.2, 0.25) is 0 Å². The van der Waals surface area contributed by atoms with Gasteiger partial charge in [-0.05, 0) is 47.4 Å². The fourth-order valence-corrected chi connectivity index (χ4v) is 2.77. The summed E-state index contributed by atoms with van der Waals surface area (Å²) < 4.78 is 1.00. The van der Waals surface area contributed by atoms with Crippen LogP contribution >= 0.6 is 22.6 Å². The van der Waals surface area contributed by atoms with Crippen molar-refractivity contribution in [1.82, 2.24) is 10.3 Å². The fraction of sp³-hybridized carbons (Fsp3) is 0.583. The van der Waals surface area contributed by atoms with Crippen molar-refractivity contribution in [2.24, 2.45) is 5.92 Å². The summed E-state index contributed by atoms with van der Waals surface area (Å²) in [5, 5.41) is 12.7. The molecule has 94 valence electrons. The first kappa shape index (κ1) is 12.9. The predicted molar refractivity (Wildman–Crippen MR) is 73.8 cm³/mol. The Labute approximate surface area is 114 Å². The van der Waals surface area contributed by atoms with E-state index in [4.69, 9.17) is 0 Å². The second-order valence-electron chi connectivity index (χ2n) is 4.55. The highest BCUT2D eigenvalue weighted by atomic mass is 127. The minimum atomic E-state index is -0.407. The second kappa shape index (κ2) is 5.86. The van der Waals surface area contributed by atoms with Gasteiger partial charge < -0.3 is 15.4 Å². The standard InChI is InChI=1S/C12H17IN2O2/c13-9-5-10(14-6-9)12(17)15-7-11(16)8-3-1-2-4-8/h5-6,8,11,14,16H,1-4,7H2,(H,15,17). The molecule has 0 bridgehead atoms. The first-order chi connectivity index (χ1) is 8.16. The molecule has 1 fully saturated rings. The summed E-state index contributed by atoms with van der Waals surface area (Å²) in [7, 11) is 0. The molecule has 0 aliphatic heterocycles. The zero-order valence-electron chi connectivity index (χ0n) is 9.58. The van der Waals surface area contributed by atoms with Gasteiger partial charge in [0.25, 0.3) is 5.91 Å². The van der Waals surface area contributed by atoms with E-state index in [9.17, 15) is 9.90 Å². The third-order valence-corrected chi connectivity index (χ3v) is 3.93. The van der Waals surface area contributed by atoms with Crippen molar-refractivity contribution >= 4 is 28.5 Å². The molecule has 17 heavy (non-hydrogen) atoms. The number of rotatable bonds is 4. The number of nitrogens with one attached hydrogen (secondary N) is 2.